The number of imidazole rings is 1. The normalized spacial score (nSPS) is 11.5. The van der Waals surface area contributed by atoms with Crippen molar-refractivity contribution in [2.45, 2.75) is 11.8 Å². The van der Waals surface area contributed by atoms with Crippen molar-refractivity contribution in [2.75, 3.05) is 11.1 Å². The molecule has 1 aromatic carbocycles. The fourth-order valence-corrected chi connectivity index (χ4v) is 4.69. The van der Waals surface area contributed by atoms with Crippen LogP contribution in [0.5, 0.6) is 0 Å². The van der Waals surface area contributed by atoms with Gasteiger partial charge in [0.2, 0.25) is 0 Å². The number of hydrogen-bond donors (Lipinski definition) is 2. The van der Waals surface area contributed by atoms with Crippen LogP contribution in [0.15, 0.2) is 53.8 Å². The summed E-state index contributed by atoms with van der Waals surface area (Å²) in [6.45, 7) is 2.06. The van der Waals surface area contributed by atoms with Crippen LogP contribution in [-0.4, -0.2) is 25.7 Å². The molecule has 2 N–H and O–H groups in total. The number of pyridine rings is 2. The van der Waals surface area contributed by atoms with E-state index in [4.69, 9.17) is 16.6 Å². The third kappa shape index (κ3) is 3.02. The monoisotopic (exact) mass is 430 g/mol. The number of fused-ring (bicyclic) bond motifs is 5. The lowest BCUT2D eigenvalue weighted by Crippen LogP contribution is -1.96. The number of thioether (sulfide) groups is 1. The van der Waals surface area contributed by atoms with E-state index >= 15 is 0 Å². The number of benzene rings is 1. The Bertz CT molecular complexity index is 1260. The molecule has 1 aliphatic rings. The standard InChI is InChI=1S/C22H15ClN6S/c1-2-30-13-8-12(10-24)18(16(23)9-13)22-28-19-14-5-7-25-11-17(14)27-21-15(20(19)29-22)4-3-6-26-21/h3-9,11H,2H2,1H3,(H,26,27)(H,28,29). The second-order valence-corrected chi connectivity index (χ2v) is 8.37. The number of anilines is 2. The molecule has 4 heterocycles. The predicted octanol–water partition coefficient (Wildman–Crippen LogP) is 5.89. The van der Waals surface area contributed by atoms with Gasteiger partial charge in [0.05, 0.1) is 39.8 Å². The van der Waals surface area contributed by atoms with Gasteiger partial charge < -0.3 is 10.3 Å². The van der Waals surface area contributed by atoms with E-state index in [9.17, 15) is 5.26 Å². The van der Waals surface area contributed by atoms with Gasteiger partial charge >= 0.3 is 0 Å². The highest BCUT2D eigenvalue weighted by atomic mass is 35.5. The number of nitrogens with one attached hydrogen (secondary N) is 2. The third-order valence-corrected chi connectivity index (χ3v) is 6.00. The van der Waals surface area contributed by atoms with Crippen LogP contribution in [-0.2, 0) is 0 Å². The molecule has 0 fully saturated rings. The molecule has 6 nitrogen and oxygen atoms in total. The predicted molar refractivity (Wildman–Crippen MR) is 120 cm³/mol. The fourth-order valence-electron chi connectivity index (χ4n) is 3.58. The molecule has 0 atom stereocenters. The van der Waals surface area contributed by atoms with Gasteiger partial charge in [0, 0.05) is 28.4 Å². The molecule has 0 saturated heterocycles. The number of rotatable bonds is 3. The number of nitriles is 1. The molecule has 3 aromatic heterocycles. The summed E-state index contributed by atoms with van der Waals surface area (Å²) >= 11 is 8.27. The Kier molecular flexibility index (Phi) is 4.66. The first-order valence-electron chi connectivity index (χ1n) is 9.33. The Morgan fingerprint density at radius 2 is 2.10 bits per heavy atom. The molecule has 0 unspecified atom stereocenters. The average Bonchev–Trinajstić information content (AvgIpc) is 3.13. The molecule has 0 amide bonds. The molecule has 1 aliphatic heterocycles. The van der Waals surface area contributed by atoms with Gasteiger partial charge in [-0.25, -0.2) is 9.97 Å². The minimum absolute atomic E-state index is 0.488. The summed E-state index contributed by atoms with van der Waals surface area (Å²) in [6.07, 6.45) is 5.22. The highest BCUT2D eigenvalue weighted by Crippen LogP contribution is 2.44. The number of aromatic amines is 1. The minimum atomic E-state index is 0.488. The van der Waals surface area contributed by atoms with Crippen molar-refractivity contribution in [3.63, 3.8) is 0 Å². The molecule has 0 radical (unpaired) electrons. The van der Waals surface area contributed by atoms with Gasteiger partial charge in [-0.05, 0) is 36.1 Å². The summed E-state index contributed by atoms with van der Waals surface area (Å²) in [6, 6.07) is 11.8. The molecule has 8 heteroatoms. The minimum Gasteiger partial charge on any atom is -0.338 e. The van der Waals surface area contributed by atoms with E-state index in [1.165, 1.54) is 0 Å². The van der Waals surface area contributed by atoms with Crippen LogP contribution in [0.3, 0.4) is 0 Å². The van der Waals surface area contributed by atoms with Crippen LogP contribution < -0.4 is 5.32 Å². The quantitative estimate of drug-likeness (QED) is 0.346. The summed E-state index contributed by atoms with van der Waals surface area (Å²) in [5, 5.41) is 13.6. The summed E-state index contributed by atoms with van der Waals surface area (Å²) in [5.41, 5.74) is 5.27. The molecule has 4 aromatic rings. The fraction of sp³-hybridized carbons (Fsp3) is 0.0909. The maximum Gasteiger partial charge on any atom is 0.141 e. The first-order valence-corrected chi connectivity index (χ1v) is 10.7. The number of nitrogens with zero attached hydrogens (tertiary/aromatic N) is 4. The number of halogens is 1. The Morgan fingerprint density at radius 3 is 2.93 bits per heavy atom. The zero-order chi connectivity index (χ0) is 20.7. The molecular formula is C22H15ClN6S. The van der Waals surface area contributed by atoms with E-state index < -0.39 is 0 Å². The molecule has 0 aliphatic carbocycles. The Hall–Kier alpha value is -3.34. The molecule has 30 heavy (non-hydrogen) atoms. The maximum atomic E-state index is 9.77. The Labute approximate surface area is 182 Å². The van der Waals surface area contributed by atoms with Crippen LogP contribution in [0.25, 0.3) is 33.9 Å². The van der Waals surface area contributed by atoms with E-state index in [1.807, 2.05) is 30.3 Å². The van der Waals surface area contributed by atoms with Gasteiger partial charge in [0.25, 0.3) is 0 Å². The van der Waals surface area contributed by atoms with Crippen molar-refractivity contribution in [1.82, 2.24) is 19.9 Å². The zero-order valence-electron chi connectivity index (χ0n) is 15.9. The first-order chi connectivity index (χ1) is 14.7. The van der Waals surface area contributed by atoms with Crippen LogP contribution >= 0.6 is 23.4 Å². The molecule has 0 spiro atoms. The van der Waals surface area contributed by atoms with Crippen molar-refractivity contribution in [1.29, 1.82) is 5.26 Å². The van der Waals surface area contributed by atoms with Crippen molar-refractivity contribution in [3.8, 4) is 40.0 Å². The second-order valence-electron chi connectivity index (χ2n) is 6.63. The van der Waals surface area contributed by atoms with Crippen molar-refractivity contribution >= 4 is 34.9 Å². The third-order valence-electron chi connectivity index (χ3n) is 4.84. The van der Waals surface area contributed by atoms with Gasteiger partial charge in [-0.2, -0.15) is 5.26 Å². The van der Waals surface area contributed by atoms with E-state index in [1.54, 1.807) is 30.4 Å². The van der Waals surface area contributed by atoms with Gasteiger partial charge in [0.15, 0.2) is 0 Å². The second kappa shape index (κ2) is 7.48. The highest BCUT2D eigenvalue weighted by Gasteiger charge is 2.25. The van der Waals surface area contributed by atoms with E-state index in [0.29, 0.717) is 27.8 Å². The lowest BCUT2D eigenvalue weighted by molar-refractivity contribution is 1.26. The topological polar surface area (TPSA) is 90.3 Å². The first kappa shape index (κ1) is 18.7. The number of aromatic nitrogens is 4. The smallest absolute Gasteiger partial charge is 0.141 e. The molecule has 0 bridgehead atoms. The van der Waals surface area contributed by atoms with E-state index in [0.717, 1.165) is 38.9 Å². The average molecular weight is 431 g/mol. The molecule has 5 rings (SSSR count). The number of H-pyrrole nitrogens is 1. The van der Waals surface area contributed by atoms with Crippen LogP contribution in [0.4, 0.5) is 11.5 Å². The van der Waals surface area contributed by atoms with Gasteiger partial charge in [-0.15, -0.1) is 11.8 Å². The summed E-state index contributed by atoms with van der Waals surface area (Å²) < 4.78 is 0. The lowest BCUT2D eigenvalue weighted by Gasteiger charge is -2.09. The van der Waals surface area contributed by atoms with Gasteiger partial charge in [-0.1, -0.05) is 18.5 Å². The highest BCUT2D eigenvalue weighted by molar-refractivity contribution is 7.99. The Balaban J connectivity index is 1.77. The maximum absolute atomic E-state index is 9.77. The van der Waals surface area contributed by atoms with Crippen molar-refractivity contribution in [3.05, 3.63) is 59.5 Å². The Morgan fingerprint density at radius 1 is 1.20 bits per heavy atom. The van der Waals surface area contributed by atoms with Crippen molar-refractivity contribution in [2.24, 2.45) is 0 Å². The SMILES string of the molecule is CCSc1cc(Cl)c(-c2nc3c([nH]2)-c2ccncc2Nc2ncccc2-3)c(C#N)c1. The van der Waals surface area contributed by atoms with Crippen LogP contribution in [0.2, 0.25) is 5.02 Å². The van der Waals surface area contributed by atoms with Gasteiger partial charge in [-0.3, -0.25) is 4.98 Å². The lowest BCUT2D eigenvalue weighted by atomic mass is 10.1. The largest absolute Gasteiger partial charge is 0.338 e. The zero-order valence-corrected chi connectivity index (χ0v) is 17.5. The molecule has 0 saturated carbocycles. The van der Waals surface area contributed by atoms with Crippen LogP contribution in [0, 0.1) is 11.3 Å². The summed E-state index contributed by atoms with van der Waals surface area (Å²) in [5.74, 6) is 2.15. The van der Waals surface area contributed by atoms with Crippen molar-refractivity contribution < 1.29 is 0 Å². The molecular weight excluding hydrogens is 416 g/mol. The summed E-state index contributed by atoms with van der Waals surface area (Å²) in [4.78, 5) is 17.9. The number of hydrogen-bond acceptors (Lipinski definition) is 6. The van der Waals surface area contributed by atoms with E-state index in [-0.39, 0.29) is 0 Å². The van der Waals surface area contributed by atoms with Gasteiger partial charge in [0.1, 0.15) is 17.3 Å². The van der Waals surface area contributed by atoms with E-state index in [2.05, 4.69) is 33.3 Å². The molecule has 146 valence electrons. The summed E-state index contributed by atoms with van der Waals surface area (Å²) in [7, 11) is 0. The van der Waals surface area contributed by atoms with Crippen LogP contribution in [0.1, 0.15) is 12.5 Å².